The number of nitrogens with zero attached hydrogens (tertiary/aromatic N) is 3. The number of carbonyl (C=O) groups excluding carboxylic acids is 1. The third kappa shape index (κ3) is 2.81. The van der Waals surface area contributed by atoms with Gasteiger partial charge in [0, 0.05) is 15.7 Å². The molecule has 0 spiro atoms. The second-order valence-corrected chi connectivity index (χ2v) is 8.80. The van der Waals surface area contributed by atoms with Crippen molar-refractivity contribution in [2.45, 2.75) is 44.5 Å². The summed E-state index contributed by atoms with van der Waals surface area (Å²) in [5, 5.41) is 3.89. The summed E-state index contributed by atoms with van der Waals surface area (Å²) in [4.78, 5) is 13.6. The highest BCUT2D eigenvalue weighted by Crippen LogP contribution is 2.31. The highest BCUT2D eigenvalue weighted by molar-refractivity contribution is 7.86. The lowest BCUT2D eigenvalue weighted by Crippen LogP contribution is -2.36. The van der Waals surface area contributed by atoms with Crippen LogP contribution in [0.15, 0.2) is 5.10 Å². The van der Waals surface area contributed by atoms with E-state index >= 15 is 0 Å². The van der Waals surface area contributed by atoms with E-state index in [9.17, 15) is 13.2 Å². The molecule has 1 saturated carbocycles. The molecule has 0 aromatic carbocycles. The van der Waals surface area contributed by atoms with Gasteiger partial charge in [0.05, 0.1) is 6.54 Å². The first kappa shape index (κ1) is 14.5. The van der Waals surface area contributed by atoms with Gasteiger partial charge in [0.25, 0.3) is 0 Å². The lowest BCUT2D eigenvalue weighted by molar-refractivity contribution is -0.362. The summed E-state index contributed by atoms with van der Waals surface area (Å²) in [6, 6.07) is 0. The minimum Gasteiger partial charge on any atom is -0.444 e. The van der Waals surface area contributed by atoms with Crippen LogP contribution in [-0.2, 0) is 14.8 Å². The lowest BCUT2D eigenvalue weighted by Gasteiger charge is -2.23. The molecule has 0 aromatic rings. The van der Waals surface area contributed by atoms with Crippen molar-refractivity contribution in [3.8, 4) is 0 Å². The van der Waals surface area contributed by atoms with Gasteiger partial charge in [-0.15, -0.1) is 0 Å². The number of ether oxygens (including phenoxy) is 1. The first-order valence-corrected chi connectivity index (χ1v) is 8.61. The molecule has 2 fully saturated rings. The predicted octanol–water partition coefficient (Wildman–Crippen LogP) is 0.798. The van der Waals surface area contributed by atoms with Crippen LogP contribution in [-0.4, -0.2) is 59.4 Å². The number of carbonyl (C=O) groups is 1. The van der Waals surface area contributed by atoms with E-state index in [0.717, 1.165) is 4.09 Å². The minimum atomic E-state index is -3.32. The Kier molecular flexibility index (Phi) is 3.12. The third-order valence-corrected chi connectivity index (χ3v) is 5.63. The van der Waals surface area contributed by atoms with Gasteiger partial charge in [-0.3, -0.25) is 0 Å². The smallest absolute Gasteiger partial charge is 0.410 e. The average molecular weight is 314 g/mol. The molecule has 116 valence electrons. The Bertz CT molecular complexity index is 641. The summed E-state index contributed by atoms with van der Waals surface area (Å²) in [7, 11) is -3.32. The van der Waals surface area contributed by atoms with E-state index in [1.165, 1.54) is 0 Å². The molecule has 2 heterocycles. The van der Waals surface area contributed by atoms with Crippen molar-refractivity contribution in [3.63, 3.8) is 0 Å². The fraction of sp³-hybridized carbons (Fsp3) is 0.769. The zero-order valence-corrected chi connectivity index (χ0v) is 13.3. The highest BCUT2D eigenvalue weighted by Gasteiger charge is 2.49. The van der Waals surface area contributed by atoms with Crippen molar-refractivity contribution in [2.75, 3.05) is 13.1 Å². The molecule has 1 atom stereocenters. The van der Waals surface area contributed by atoms with Gasteiger partial charge in [-0.1, -0.05) is 0 Å². The summed E-state index contributed by atoms with van der Waals surface area (Å²) in [5.41, 5.74) is 0.173. The Labute approximate surface area is 124 Å². The monoisotopic (exact) mass is 314 g/mol. The van der Waals surface area contributed by atoms with E-state index in [0.29, 0.717) is 31.6 Å². The van der Waals surface area contributed by atoms with Crippen LogP contribution in [0.2, 0.25) is 0 Å². The second kappa shape index (κ2) is 4.53. The Morgan fingerprint density at radius 2 is 2.10 bits per heavy atom. The van der Waals surface area contributed by atoms with Crippen LogP contribution >= 0.6 is 0 Å². The topological polar surface area (TPSA) is 79.0 Å². The number of amides is 1. The molecule has 21 heavy (non-hydrogen) atoms. The first-order valence-electron chi connectivity index (χ1n) is 7.10. The van der Waals surface area contributed by atoms with Crippen molar-refractivity contribution in [2.24, 2.45) is 11.0 Å². The molecular formula is C13H20N3O4S+. The van der Waals surface area contributed by atoms with Crippen molar-refractivity contribution < 1.29 is 22.0 Å². The molecule has 3 rings (SSSR count). The average Bonchev–Trinajstić information content (AvgIpc) is 2.98. The standard InChI is InChI=1S/C13H20N3O4S/c1-13(2,3)20-12(17)15-6-9-7-16(14-11(9)8-15)21(18,19)10-4-5-10/h7,9-10H,4-6,8H2,1-3H3/q+1. The van der Waals surface area contributed by atoms with Crippen molar-refractivity contribution in [1.82, 2.24) is 4.90 Å². The molecule has 1 unspecified atom stereocenters. The number of likely N-dealkylation sites (tertiary alicyclic amines) is 1. The van der Waals surface area contributed by atoms with Crippen LogP contribution in [0, 0.1) is 5.92 Å². The molecular weight excluding hydrogens is 294 g/mol. The molecule has 1 aliphatic carbocycles. The van der Waals surface area contributed by atoms with Gasteiger partial charge in [0.15, 0.2) is 0 Å². The van der Waals surface area contributed by atoms with Crippen molar-refractivity contribution >= 4 is 28.0 Å². The molecule has 7 nitrogen and oxygen atoms in total. The van der Waals surface area contributed by atoms with Gasteiger partial charge < -0.3 is 9.64 Å². The van der Waals surface area contributed by atoms with E-state index in [-0.39, 0.29) is 17.3 Å². The molecule has 1 amide bonds. The Morgan fingerprint density at radius 1 is 1.43 bits per heavy atom. The highest BCUT2D eigenvalue weighted by atomic mass is 32.2. The molecule has 2 aliphatic heterocycles. The molecule has 0 radical (unpaired) electrons. The molecule has 8 heteroatoms. The Morgan fingerprint density at radius 3 is 2.62 bits per heavy atom. The van der Waals surface area contributed by atoms with E-state index < -0.39 is 15.6 Å². The van der Waals surface area contributed by atoms with Gasteiger partial charge in [-0.05, 0) is 33.6 Å². The van der Waals surface area contributed by atoms with Crippen LogP contribution in [0.1, 0.15) is 33.6 Å². The van der Waals surface area contributed by atoms with Gasteiger partial charge in [0.2, 0.25) is 6.21 Å². The van der Waals surface area contributed by atoms with E-state index in [2.05, 4.69) is 5.10 Å². The molecule has 1 saturated heterocycles. The van der Waals surface area contributed by atoms with Crippen LogP contribution in [0.5, 0.6) is 0 Å². The van der Waals surface area contributed by atoms with Gasteiger partial charge >= 0.3 is 16.1 Å². The normalized spacial score (nSPS) is 25.5. The second-order valence-electron chi connectivity index (χ2n) is 6.72. The fourth-order valence-corrected chi connectivity index (χ4v) is 3.97. The summed E-state index contributed by atoms with van der Waals surface area (Å²) in [5.74, 6) is -0.119. The summed E-state index contributed by atoms with van der Waals surface area (Å²) in [6.45, 7) is 6.19. The number of sulfonamides is 1. The van der Waals surface area contributed by atoms with Gasteiger partial charge in [-0.2, -0.15) is 8.42 Å². The number of hydrogen-bond acceptors (Lipinski definition) is 5. The summed E-state index contributed by atoms with van der Waals surface area (Å²) in [6.07, 6.45) is 2.65. The quantitative estimate of drug-likeness (QED) is 0.706. The number of hydrogen-bond donors (Lipinski definition) is 0. The molecule has 0 aromatic heterocycles. The zero-order chi connectivity index (χ0) is 15.4. The number of fused-ring (bicyclic) bond motifs is 1. The van der Waals surface area contributed by atoms with E-state index in [4.69, 9.17) is 4.74 Å². The maximum atomic E-state index is 12.1. The van der Waals surface area contributed by atoms with Crippen LogP contribution in [0.4, 0.5) is 4.79 Å². The molecule has 0 bridgehead atoms. The van der Waals surface area contributed by atoms with Crippen LogP contribution in [0.25, 0.3) is 0 Å². The lowest BCUT2D eigenvalue weighted by atomic mass is 10.1. The van der Waals surface area contributed by atoms with Gasteiger partial charge in [0.1, 0.15) is 22.5 Å². The summed E-state index contributed by atoms with van der Waals surface area (Å²) < 4.78 is 30.6. The van der Waals surface area contributed by atoms with Crippen molar-refractivity contribution in [1.29, 1.82) is 0 Å². The zero-order valence-electron chi connectivity index (χ0n) is 12.4. The Hall–Kier alpha value is -1.44. The van der Waals surface area contributed by atoms with Crippen LogP contribution in [0.3, 0.4) is 0 Å². The van der Waals surface area contributed by atoms with Crippen LogP contribution < -0.4 is 0 Å². The maximum absolute atomic E-state index is 12.1. The Balaban J connectivity index is 1.68. The SMILES string of the molecule is CC(C)(C)OC(=O)N1CC2=N[N+](S(=O)(=O)C3CC3)=CC2C1. The number of rotatable bonds is 2. The third-order valence-electron chi connectivity index (χ3n) is 3.59. The molecule has 3 aliphatic rings. The molecule has 0 N–H and O–H groups in total. The fourth-order valence-electron chi connectivity index (χ4n) is 2.40. The summed E-state index contributed by atoms with van der Waals surface area (Å²) >= 11 is 0. The largest absolute Gasteiger partial charge is 0.444 e. The number of hydrazone groups is 1. The van der Waals surface area contributed by atoms with Gasteiger partial charge in [-0.25, -0.2) is 4.79 Å². The van der Waals surface area contributed by atoms with E-state index in [1.807, 2.05) is 20.8 Å². The maximum Gasteiger partial charge on any atom is 0.410 e. The minimum absolute atomic E-state index is 0.119. The van der Waals surface area contributed by atoms with E-state index in [1.54, 1.807) is 11.1 Å². The first-order chi connectivity index (χ1) is 9.67. The predicted molar refractivity (Wildman–Crippen MR) is 77.0 cm³/mol. The van der Waals surface area contributed by atoms with Crippen molar-refractivity contribution in [3.05, 3.63) is 0 Å².